The van der Waals surface area contributed by atoms with E-state index in [-0.39, 0.29) is 26.4 Å². The van der Waals surface area contributed by atoms with Crippen molar-refractivity contribution >= 4 is 0 Å². The average molecular weight is 559 g/mol. The van der Waals surface area contributed by atoms with E-state index in [9.17, 15) is 20.4 Å². The summed E-state index contributed by atoms with van der Waals surface area (Å²) in [6.07, 6.45) is 31.2. The summed E-state index contributed by atoms with van der Waals surface area (Å²) >= 11 is 0. The third-order valence-corrected chi connectivity index (χ3v) is 8.32. The van der Waals surface area contributed by atoms with Crippen molar-refractivity contribution in [2.45, 2.75) is 192 Å². The van der Waals surface area contributed by atoms with Gasteiger partial charge in [-0.05, 0) is 12.8 Å². The minimum absolute atomic E-state index is 0.0116. The second-order valence-electron chi connectivity index (χ2n) is 12.5. The van der Waals surface area contributed by atoms with Gasteiger partial charge in [0, 0.05) is 0 Å². The molecule has 0 rings (SSSR count). The number of ether oxygens (including phenoxy) is 1. The molecule has 0 amide bonds. The lowest BCUT2D eigenvalue weighted by Gasteiger charge is -2.30. The molecule has 236 valence electrons. The molecule has 0 saturated heterocycles. The number of rotatable bonds is 32. The van der Waals surface area contributed by atoms with E-state index in [0.717, 1.165) is 25.7 Å². The highest BCUT2D eigenvalue weighted by atomic mass is 16.5. The summed E-state index contributed by atoms with van der Waals surface area (Å²) in [6.45, 7) is 3.80. The average Bonchev–Trinajstić information content (AvgIpc) is 2.94. The molecular formula is C34H70O5. The topological polar surface area (TPSA) is 90.2 Å². The van der Waals surface area contributed by atoms with Gasteiger partial charge in [-0.25, -0.2) is 0 Å². The van der Waals surface area contributed by atoms with Crippen LogP contribution < -0.4 is 0 Å². The van der Waals surface area contributed by atoms with Gasteiger partial charge in [0.2, 0.25) is 0 Å². The van der Waals surface area contributed by atoms with Crippen molar-refractivity contribution in [1.29, 1.82) is 0 Å². The SMILES string of the molecule is CCCCCCCCCCCCCCC(O)(CO)COCC(O)(CO)CCCCCCCCCCCCCC. The van der Waals surface area contributed by atoms with E-state index in [1.54, 1.807) is 0 Å². The van der Waals surface area contributed by atoms with Gasteiger partial charge in [-0.3, -0.25) is 0 Å². The third kappa shape index (κ3) is 25.3. The van der Waals surface area contributed by atoms with Crippen LogP contribution in [0.15, 0.2) is 0 Å². The maximum atomic E-state index is 10.7. The van der Waals surface area contributed by atoms with E-state index < -0.39 is 11.2 Å². The Hall–Kier alpha value is -0.200. The van der Waals surface area contributed by atoms with E-state index >= 15 is 0 Å². The molecule has 0 aromatic rings. The Morgan fingerprint density at radius 3 is 0.846 bits per heavy atom. The summed E-state index contributed by atoms with van der Waals surface area (Å²) in [6, 6.07) is 0. The lowest BCUT2D eigenvalue weighted by Crippen LogP contribution is -2.43. The second kappa shape index (κ2) is 27.9. The van der Waals surface area contributed by atoms with E-state index in [0.29, 0.717) is 12.8 Å². The Balaban J connectivity index is 3.81. The molecule has 0 bridgehead atoms. The lowest BCUT2D eigenvalue weighted by molar-refractivity contribution is -0.129. The van der Waals surface area contributed by atoms with E-state index in [4.69, 9.17) is 4.74 Å². The molecule has 0 fully saturated rings. The van der Waals surface area contributed by atoms with Crippen molar-refractivity contribution in [3.8, 4) is 0 Å². The van der Waals surface area contributed by atoms with Crippen LogP contribution in [0.1, 0.15) is 181 Å². The number of hydrogen-bond donors (Lipinski definition) is 4. The molecule has 0 aliphatic heterocycles. The van der Waals surface area contributed by atoms with E-state index in [2.05, 4.69) is 13.8 Å². The molecule has 0 heterocycles. The van der Waals surface area contributed by atoms with Crippen LogP contribution >= 0.6 is 0 Å². The lowest BCUT2D eigenvalue weighted by atomic mass is 9.95. The number of hydrogen-bond acceptors (Lipinski definition) is 5. The molecule has 5 nitrogen and oxygen atoms in total. The summed E-state index contributed by atoms with van der Waals surface area (Å²) in [4.78, 5) is 0. The van der Waals surface area contributed by atoms with Crippen molar-refractivity contribution in [3.05, 3.63) is 0 Å². The molecule has 0 aromatic heterocycles. The second-order valence-corrected chi connectivity index (χ2v) is 12.5. The molecule has 0 aromatic carbocycles. The number of aliphatic hydroxyl groups excluding tert-OH is 2. The maximum Gasteiger partial charge on any atom is 0.111 e. The fourth-order valence-electron chi connectivity index (χ4n) is 5.41. The highest BCUT2D eigenvalue weighted by Crippen LogP contribution is 2.21. The molecule has 0 aliphatic rings. The molecular weight excluding hydrogens is 488 g/mol. The summed E-state index contributed by atoms with van der Waals surface area (Å²) in [5.74, 6) is 0. The normalized spacial score (nSPS) is 14.9. The van der Waals surface area contributed by atoms with Crippen LogP contribution in [-0.2, 0) is 4.74 Å². The molecule has 2 atom stereocenters. The Kier molecular flexibility index (Phi) is 27.8. The number of unbranched alkanes of at least 4 members (excludes halogenated alkanes) is 22. The fourth-order valence-corrected chi connectivity index (χ4v) is 5.41. The van der Waals surface area contributed by atoms with Crippen LogP contribution in [0, 0.1) is 0 Å². The van der Waals surface area contributed by atoms with Crippen LogP contribution in [0.5, 0.6) is 0 Å². The van der Waals surface area contributed by atoms with Crippen molar-refractivity contribution in [1.82, 2.24) is 0 Å². The van der Waals surface area contributed by atoms with Crippen molar-refractivity contribution in [2.24, 2.45) is 0 Å². The molecule has 0 aliphatic carbocycles. The van der Waals surface area contributed by atoms with Crippen molar-refractivity contribution < 1.29 is 25.2 Å². The summed E-state index contributed by atoms with van der Waals surface area (Å²) in [5.41, 5.74) is -2.55. The zero-order valence-electron chi connectivity index (χ0n) is 26.4. The predicted octanol–water partition coefficient (Wildman–Crippen LogP) is 8.63. The monoisotopic (exact) mass is 559 g/mol. The molecule has 0 saturated carbocycles. The van der Waals surface area contributed by atoms with Gasteiger partial charge in [-0.2, -0.15) is 0 Å². The first-order valence-corrected chi connectivity index (χ1v) is 17.2. The largest absolute Gasteiger partial charge is 0.393 e. The third-order valence-electron chi connectivity index (χ3n) is 8.32. The van der Waals surface area contributed by atoms with Crippen LogP contribution in [0.3, 0.4) is 0 Å². The summed E-state index contributed by atoms with van der Waals surface area (Å²) in [5, 5.41) is 40.9. The van der Waals surface area contributed by atoms with Crippen LogP contribution in [0.25, 0.3) is 0 Å². The number of aliphatic hydroxyl groups is 4. The Labute approximate surface area is 243 Å². The zero-order valence-corrected chi connectivity index (χ0v) is 26.4. The van der Waals surface area contributed by atoms with Gasteiger partial charge >= 0.3 is 0 Å². The molecule has 0 radical (unpaired) electrons. The van der Waals surface area contributed by atoms with Gasteiger partial charge in [0.15, 0.2) is 0 Å². The van der Waals surface area contributed by atoms with Gasteiger partial charge in [-0.15, -0.1) is 0 Å². The van der Waals surface area contributed by atoms with Crippen molar-refractivity contribution in [2.75, 3.05) is 26.4 Å². The Bertz CT molecular complexity index is 446. The van der Waals surface area contributed by atoms with Gasteiger partial charge in [0.1, 0.15) is 11.2 Å². The standard InChI is InChI=1S/C34H70O5/c1-3-5-7-9-11-13-15-17-19-21-23-25-27-33(37,29-35)31-39-32-34(38,30-36)28-26-24-22-20-18-16-14-12-10-8-6-4-2/h35-38H,3-32H2,1-2H3. The molecule has 0 spiro atoms. The first-order chi connectivity index (χ1) is 18.9. The van der Waals surface area contributed by atoms with E-state index in [1.165, 1.54) is 128 Å². The molecule has 5 heteroatoms. The predicted molar refractivity (Wildman–Crippen MR) is 166 cm³/mol. The first kappa shape index (κ1) is 38.8. The maximum absolute atomic E-state index is 10.7. The van der Waals surface area contributed by atoms with Crippen LogP contribution in [0.4, 0.5) is 0 Å². The highest BCUT2D eigenvalue weighted by Gasteiger charge is 2.30. The zero-order chi connectivity index (χ0) is 28.9. The van der Waals surface area contributed by atoms with Crippen LogP contribution in [0.2, 0.25) is 0 Å². The quantitative estimate of drug-likeness (QED) is 0.0620. The minimum atomic E-state index is -1.27. The molecule has 39 heavy (non-hydrogen) atoms. The smallest absolute Gasteiger partial charge is 0.111 e. The van der Waals surface area contributed by atoms with Gasteiger partial charge < -0.3 is 25.2 Å². The van der Waals surface area contributed by atoms with Gasteiger partial charge in [0.05, 0.1) is 26.4 Å². The van der Waals surface area contributed by atoms with Crippen LogP contribution in [-0.4, -0.2) is 58.1 Å². The van der Waals surface area contributed by atoms with E-state index in [1.807, 2.05) is 0 Å². The Morgan fingerprint density at radius 2 is 0.615 bits per heavy atom. The summed E-state index contributed by atoms with van der Waals surface area (Å²) < 4.78 is 5.64. The molecule has 2 unspecified atom stereocenters. The first-order valence-electron chi connectivity index (χ1n) is 17.2. The minimum Gasteiger partial charge on any atom is -0.393 e. The molecule has 4 N–H and O–H groups in total. The Morgan fingerprint density at radius 1 is 0.385 bits per heavy atom. The van der Waals surface area contributed by atoms with Gasteiger partial charge in [-0.1, -0.05) is 168 Å². The summed E-state index contributed by atoms with van der Waals surface area (Å²) in [7, 11) is 0. The highest BCUT2D eigenvalue weighted by molar-refractivity contribution is 4.81. The van der Waals surface area contributed by atoms with Gasteiger partial charge in [0.25, 0.3) is 0 Å². The van der Waals surface area contributed by atoms with Crippen molar-refractivity contribution in [3.63, 3.8) is 0 Å². The fraction of sp³-hybridized carbons (Fsp3) is 1.00.